The molecule has 0 aromatic carbocycles. The maximum Gasteiger partial charge on any atom is 0.264 e. The highest BCUT2D eigenvalue weighted by Gasteiger charge is 2.28. The van der Waals surface area contributed by atoms with E-state index in [1.54, 1.807) is 0 Å². The number of aromatic nitrogens is 2. The van der Waals surface area contributed by atoms with E-state index < -0.39 is 0 Å². The van der Waals surface area contributed by atoms with Gasteiger partial charge in [0.1, 0.15) is 9.39 Å². The van der Waals surface area contributed by atoms with Crippen molar-refractivity contribution in [3.63, 3.8) is 0 Å². The predicted octanol–water partition coefficient (Wildman–Crippen LogP) is 1.98. The Kier molecular flexibility index (Phi) is 5.10. The molecule has 0 bridgehead atoms. The minimum atomic E-state index is -0.130. The van der Waals surface area contributed by atoms with Gasteiger partial charge in [-0.3, -0.25) is 9.69 Å². The van der Waals surface area contributed by atoms with Gasteiger partial charge in [-0.25, -0.2) is 4.98 Å². The van der Waals surface area contributed by atoms with E-state index >= 15 is 0 Å². The number of rotatable bonds is 1. The van der Waals surface area contributed by atoms with Crippen LogP contribution in [0.1, 0.15) is 44.8 Å². The molecule has 0 aliphatic carbocycles. The SMILES string of the molecule is CN1CCCN(C)C(c2nc(C(C)(C)C)c(I)c(=O)[nH]2)C1. The van der Waals surface area contributed by atoms with Crippen LogP contribution >= 0.6 is 22.6 Å². The van der Waals surface area contributed by atoms with Crippen LogP contribution in [-0.4, -0.2) is 53.5 Å². The quantitative estimate of drug-likeness (QED) is 0.728. The summed E-state index contributed by atoms with van der Waals surface area (Å²) in [7, 11) is 4.24. The van der Waals surface area contributed by atoms with E-state index in [0.29, 0.717) is 3.57 Å². The summed E-state index contributed by atoms with van der Waals surface area (Å²) in [5.41, 5.74) is 0.738. The van der Waals surface area contributed by atoms with Gasteiger partial charge in [-0.15, -0.1) is 0 Å². The number of H-pyrrole nitrogens is 1. The molecular formula is C15H25IN4O. The van der Waals surface area contributed by atoms with Crippen molar-refractivity contribution >= 4 is 22.6 Å². The third kappa shape index (κ3) is 3.84. The van der Waals surface area contributed by atoms with Crippen molar-refractivity contribution in [3.8, 4) is 0 Å². The largest absolute Gasteiger partial charge is 0.308 e. The molecule has 1 aliphatic heterocycles. The monoisotopic (exact) mass is 404 g/mol. The summed E-state index contributed by atoms with van der Waals surface area (Å²) in [5.74, 6) is 0.793. The summed E-state index contributed by atoms with van der Waals surface area (Å²) in [6.45, 7) is 9.30. The second kappa shape index (κ2) is 6.34. The average Bonchev–Trinajstić information content (AvgIpc) is 2.53. The van der Waals surface area contributed by atoms with E-state index in [4.69, 9.17) is 4.98 Å². The van der Waals surface area contributed by atoms with Gasteiger partial charge in [-0.05, 0) is 56.2 Å². The Morgan fingerprint density at radius 2 is 1.95 bits per heavy atom. The second-order valence-electron chi connectivity index (χ2n) is 6.98. The zero-order valence-electron chi connectivity index (χ0n) is 13.5. The van der Waals surface area contributed by atoms with Crippen molar-refractivity contribution in [2.75, 3.05) is 33.7 Å². The van der Waals surface area contributed by atoms with Gasteiger partial charge >= 0.3 is 0 Å². The van der Waals surface area contributed by atoms with Crippen LogP contribution < -0.4 is 5.56 Å². The third-order valence-corrected chi connectivity index (χ3v) is 4.98. The van der Waals surface area contributed by atoms with Gasteiger partial charge in [0, 0.05) is 12.0 Å². The Balaban J connectivity index is 2.48. The zero-order chi connectivity index (χ0) is 15.8. The number of nitrogens with one attached hydrogen (secondary N) is 1. The van der Waals surface area contributed by atoms with Crippen LogP contribution in [-0.2, 0) is 5.41 Å². The molecule has 1 aromatic rings. The lowest BCUT2D eigenvalue weighted by atomic mass is 9.92. The van der Waals surface area contributed by atoms with Crippen LogP contribution in [0.25, 0.3) is 0 Å². The Labute approximate surface area is 140 Å². The third-order valence-electron chi connectivity index (χ3n) is 3.97. The molecule has 1 fully saturated rings. The number of hydrogen-bond acceptors (Lipinski definition) is 4. The lowest BCUT2D eigenvalue weighted by Gasteiger charge is -2.28. The molecule has 1 atom stereocenters. The van der Waals surface area contributed by atoms with Crippen molar-refractivity contribution in [1.29, 1.82) is 0 Å². The molecular weight excluding hydrogens is 379 g/mol. The van der Waals surface area contributed by atoms with E-state index in [9.17, 15) is 4.79 Å². The van der Waals surface area contributed by atoms with E-state index in [0.717, 1.165) is 37.6 Å². The molecule has 6 heteroatoms. The van der Waals surface area contributed by atoms with Crippen molar-refractivity contribution < 1.29 is 0 Å². The number of hydrogen-bond donors (Lipinski definition) is 1. The molecule has 0 saturated carbocycles. The molecule has 1 aromatic heterocycles. The van der Waals surface area contributed by atoms with Gasteiger partial charge in [0.2, 0.25) is 0 Å². The number of nitrogens with zero attached hydrogens (tertiary/aromatic N) is 3. The van der Waals surface area contributed by atoms with Gasteiger partial charge in [0.25, 0.3) is 5.56 Å². The highest BCUT2D eigenvalue weighted by Crippen LogP contribution is 2.26. The summed E-state index contributed by atoms with van der Waals surface area (Å²) < 4.78 is 0.702. The fourth-order valence-electron chi connectivity index (χ4n) is 2.70. The molecule has 1 saturated heterocycles. The van der Waals surface area contributed by atoms with Crippen molar-refractivity contribution in [1.82, 2.24) is 19.8 Å². The molecule has 0 radical (unpaired) electrons. The topological polar surface area (TPSA) is 52.2 Å². The average molecular weight is 404 g/mol. The Bertz CT molecular complexity index is 564. The Morgan fingerprint density at radius 3 is 2.57 bits per heavy atom. The van der Waals surface area contributed by atoms with Crippen molar-refractivity contribution in [2.24, 2.45) is 0 Å². The first kappa shape index (κ1) is 16.9. The summed E-state index contributed by atoms with van der Waals surface area (Å²) in [5, 5.41) is 0. The summed E-state index contributed by atoms with van der Waals surface area (Å²) in [6, 6.07) is 0.142. The van der Waals surface area contributed by atoms with Gasteiger partial charge in [-0.2, -0.15) is 0 Å². The van der Waals surface area contributed by atoms with Crippen LogP contribution in [0, 0.1) is 3.57 Å². The molecule has 2 heterocycles. The van der Waals surface area contributed by atoms with Crippen LogP contribution in [0.5, 0.6) is 0 Å². The number of likely N-dealkylation sites (N-methyl/N-ethyl adjacent to an activating group) is 2. The van der Waals surface area contributed by atoms with Crippen LogP contribution in [0.2, 0.25) is 0 Å². The maximum absolute atomic E-state index is 12.3. The van der Waals surface area contributed by atoms with Gasteiger partial charge < -0.3 is 9.88 Å². The molecule has 0 spiro atoms. The second-order valence-corrected chi connectivity index (χ2v) is 8.05. The number of aromatic amines is 1. The molecule has 21 heavy (non-hydrogen) atoms. The summed E-state index contributed by atoms with van der Waals surface area (Å²) in [4.78, 5) is 24.7. The van der Waals surface area contributed by atoms with E-state index in [1.165, 1.54) is 0 Å². The van der Waals surface area contributed by atoms with E-state index in [-0.39, 0.29) is 17.0 Å². The van der Waals surface area contributed by atoms with E-state index in [1.807, 2.05) is 0 Å². The normalized spacial score (nSPS) is 22.3. The van der Waals surface area contributed by atoms with Gasteiger partial charge in [0.15, 0.2) is 0 Å². The molecule has 5 nitrogen and oxygen atoms in total. The minimum absolute atomic E-state index is 0.0224. The van der Waals surface area contributed by atoms with Crippen molar-refractivity contribution in [3.05, 3.63) is 25.4 Å². The smallest absolute Gasteiger partial charge is 0.264 e. The predicted molar refractivity (Wildman–Crippen MR) is 93.8 cm³/mol. The molecule has 1 unspecified atom stereocenters. The first-order chi connectivity index (χ1) is 9.70. The van der Waals surface area contributed by atoms with Gasteiger partial charge in [0.05, 0.1) is 11.7 Å². The Hall–Kier alpha value is -0.470. The fourth-order valence-corrected chi connectivity index (χ4v) is 3.76. The molecule has 0 amide bonds. The van der Waals surface area contributed by atoms with Crippen LogP contribution in [0.3, 0.4) is 0 Å². The highest BCUT2D eigenvalue weighted by atomic mass is 127. The summed E-state index contributed by atoms with van der Waals surface area (Å²) in [6.07, 6.45) is 1.14. The zero-order valence-corrected chi connectivity index (χ0v) is 15.7. The van der Waals surface area contributed by atoms with E-state index in [2.05, 4.69) is 72.2 Å². The summed E-state index contributed by atoms with van der Waals surface area (Å²) >= 11 is 2.10. The van der Waals surface area contributed by atoms with Crippen LogP contribution in [0.15, 0.2) is 4.79 Å². The first-order valence-corrected chi connectivity index (χ1v) is 8.47. The first-order valence-electron chi connectivity index (χ1n) is 7.39. The highest BCUT2D eigenvalue weighted by molar-refractivity contribution is 14.1. The molecule has 1 N–H and O–H groups in total. The van der Waals surface area contributed by atoms with Crippen LogP contribution in [0.4, 0.5) is 0 Å². The Morgan fingerprint density at radius 1 is 1.29 bits per heavy atom. The molecule has 118 valence electrons. The lowest BCUT2D eigenvalue weighted by molar-refractivity contribution is 0.218. The number of halogens is 1. The maximum atomic E-state index is 12.3. The van der Waals surface area contributed by atoms with Gasteiger partial charge in [-0.1, -0.05) is 20.8 Å². The minimum Gasteiger partial charge on any atom is -0.308 e. The lowest BCUT2D eigenvalue weighted by Crippen LogP contribution is -2.35. The molecule has 1 aliphatic rings. The fraction of sp³-hybridized carbons (Fsp3) is 0.733. The molecule has 2 rings (SSSR count). The standard InChI is InChI=1S/C15H25IN4O/c1-15(2,3)12-11(16)14(21)18-13(17-12)10-9-19(4)7-6-8-20(10)5/h10H,6-9H2,1-5H3,(H,17,18,21). The van der Waals surface area contributed by atoms with Crippen molar-refractivity contribution in [2.45, 2.75) is 38.6 Å².